The van der Waals surface area contributed by atoms with Gasteiger partial charge in [0.1, 0.15) is 5.92 Å². The second-order valence-corrected chi connectivity index (χ2v) is 8.36. The number of carbonyl (C=O) groups excluding carboxylic acids is 3. The molecule has 0 aliphatic carbocycles. The van der Waals surface area contributed by atoms with Gasteiger partial charge in [-0.25, -0.2) is 4.79 Å². The average molecular weight is 403 g/mol. The molecule has 0 heterocycles. The van der Waals surface area contributed by atoms with Crippen molar-refractivity contribution in [1.29, 1.82) is 0 Å². The molecule has 0 saturated heterocycles. The van der Waals surface area contributed by atoms with Crippen molar-refractivity contribution in [3.8, 4) is 0 Å². The van der Waals surface area contributed by atoms with E-state index in [0.717, 1.165) is 0 Å². The van der Waals surface area contributed by atoms with Crippen LogP contribution in [0.15, 0.2) is 0 Å². The van der Waals surface area contributed by atoms with Gasteiger partial charge in [0.2, 0.25) is 0 Å². The zero-order valence-corrected chi connectivity index (χ0v) is 18.2. The van der Waals surface area contributed by atoms with Gasteiger partial charge >= 0.3 is 17.9 Å². The third kappa shape index (κ3) is 12.7. The van der Waals surface area contributed by atoms with Crippen molar-refractivity contribution in [1.82, 2.24) is 0 Å². The van der Waals surface area contributed by atoms with Crippen molar-refractivity contribution in [3.63, 3.8) is 0 Å². The van der Waals surface area contributed by atoms with Gasteiger partial charge in [0.25, 0.3) is 0 Å². The van der Waals surface area contributed by atoms with Crippen molar-refractivity contribution in [3.05, 3.63) is 0 Å². The highest BCUT2D eigenvalue weighted by Crippen LogP contribution is 2.16. The third-order valence-corrected chi connectivity index (χ3v) is 4.15. The molecule has 7 heteroatoms. The molecule has 0 aromatic rings. The molecule has 0 amide bonds. The maximum atomic E-state index is 12.4. The number of aliphatic hydroxyl groups is 1. The Balaban J connectivity index is 4.87. The number of ether oxygens (including phenoxy) is 3. The van der Waals surface area contributed by atoms with E-state index in [-0.39, 0.29) is 19.8 Å². The van der Waals surface area contributed by atoms with Gasteiger partial charge in [0.05, 0.1) is 26.2 Å². The summed E-state index contributed by atoms with van der Waals surface area (Å²) in [7, 11) is 0. The molecule has 0 spiro atoms. The summed E-state index contributed by atoms with van der Waals surface area (Å²) in [6, 6.07) is 0. The van der Waals surface area contributed by atoms with Gasteiger partial charge in [-0.2, -0.15) is 0 Å². The van der Waals surface area contributed by atoms with Crippen molar-refractivity contribution in [2.75, 3.05) is 19.8 Å². The standard InChI is InChI=1S/C21H38O7/c1-14(2)7-10-26-18(22)13-17(20(24)27-11-8-15(3)4)19(23)21(25)28-12-9-16(5)6/h14-17,19,23H,7-13H2,1-6H3. The normalized spacial score (nSPS) is 13.5. The molecule has 164 valence electrons. The highest BCUT2D eigenvalue weighted by molar-refractivity contribution is 5.87. The summed E-state index contributed by atoms with van der Waals surface area (Å²) in [6.07, 6.45) is -0.226. The van der Waals surface area contributed by atoms with Crippen molar-refractivity contribution >= 4 is 17.9 Å². The largest absolute Gasteiger partial charge is 0.466 e. The fraction of sp³-hybridized carbons (Fsp3) is 0.857. The van der Waals surface area contributed by atoms with Gasteiger partial charge in [-0.05, 0) is 37.0 Å². The van der Waals surface area contributed by atoms with E-state index in [1.54, 1.807) is 0 Å². The van der Waals surface area contributed by atoms with Crippen LogP contribution in [0.4, 0.5) is 0 Å². The molecular formula is C21H38O7. The predicted octanol–water partition coefficient (Wildman–Crippen LogP) is 3.12. The second kappa shape index (κ2) is 14.4. The fourth-order valence-corrected chi connectivity index (χ4v) is 2.12. The van der Waals surface area contributed by atoms with Crippen LogP contribution in [0.3, 0.4) is 0 Å². The topological polar surface area (TPSA) is 99.1 Å². The van der Waals surface area contributed by atoms with Crippen LogP contribution in [0, 0.1) is 23.7 Å². The molecule has 2 unspecified atom stereocenters. The molecule has 0 bridgehead atoms. The minimum Gasteiger partial charge on any atom is -0.466 e. The number of esters is 3. The fourth-order valence-electron chi connectivity index (χ4n) is 2.12. The van der Waals surface area contributed by atoms with Crippen LogP contribution in [-0.4, -0.2) is 48.9 Å². The summed E-state index contributed by atoms with van der Waals surface area (Å²) in [5.41, 5.74) is 0. The van der Waals surface area contributed by atoms with Gasteiger partial charge in [-0.3, -0.25) is 9.59 Å². The minimum absolute atomic E-state index is 0.140. The molecule has 0 rings (SSSR count). The lowest BCUT2D eigenvalue weighted by molar-refractivity contribution is -0.170. The maximum Gasteiger partial charge on any atom is 0.335 e. The highest BCUT2D eigenvalue weighted by Gasteiger charge is 2.37. The van der Waals surface area contributed by atoms with E-state index in [1.807, 2.05) is 41.5 Å². The maximum absolute atomic E-state index is 12.4. The first-order valence-electron chi connectivity index (χ1n) is 10.2. The number of hydrogen-bond acceptors (Lipinski definition) is 7. The van der Waals surface area contributed by atoms with Crippen LogP contribution in [0.1, 0.15) is 67.2 Å². The van der Waals surface area contributed by atoms with Crippen LogP contribution in [0.25, 0.3) is 0 Å². The summed E-state index contributed by atoms with van der Waals surface area (Å²) < 4.78 is 15.3. The van der Waals surface area contributed by atoms with Crippen LogP contribution in [-0.2, 0) is 28.6 Å². The Labute approximate surface area is 169 Å². The van der Waals surface area contributed by atoms with E-state index in [9.17, 15) is 19.5 Å². The molecule has 0 aliphatic rings. The smallest absolute Gasteiger partial charge is 0.335 e. The Bertz CT molecular complexity index is 471. The summed E-state index contributed by atoms with van der Waals surface area (Å²) in [4.78, 5) is 36.5. The predicted molar refractivity (Wildman–Crippen MR) is 105 cm³/mol. The van der Waals surface area contributed by atoms with Crippen LogP contribution in [0.5, 0.6) is 0 Å². The molecule has 7 nitrogen and oxygen atoms in total. The van der Waals surface area contributed by atoms with Gasteiger partial charge < -0.3 is 19.3 Å². The summed E-state index contributed by atoms with van der Waals surface area (Å²) in [6.45, 7) is 12.4. The molecule has 0 aliphatic heterocycles. The first kappa shape index (κ1) is 26.4. The van der Waals surface area contributed by atoms with Gasteiger partial charge in [-0.15, -0.1) is 0 Å². The van der Waals surface area contributed by atoms with Crippen molar-refractivity contribution < 1.29 is 33.7 Å². The molecule has 1 N–H and O–H groups in total. The molecule has 28 heavy (non-hydrogen) atoms. The molecular weight excluding hydrogens is 364 g/mol. The highest BCUT2D eigenvalue weighted by atomic mass is 16.6. The lowest BCUT2D eigenvalue weighted by Crippen LogP contribution is -2.39. The zero-order valence-electron chi connectivity index (χ0n) is 18.2. The zero-order chi connectivity index (χ0) is 21.7. The minimum atomic E-state index is -1.77. The summed E-state index contributed by atoms with van der Waals surface area (Å²) in [5.74, 6) is -2.69. The molecule has 2 atom stereocenters. The Morgan fingerprint density at radius 1 is 0.679 bits per heavy atom. The number of carbonyl (C=O) groups is 3. The van der Waals surface area contributed by atoms with Gasteiger partial charge in [0.15, 0.2) is 6.10 Å². The van der Waals surface area contributed by atoms with E-state index in [2.05, 4.69) is 0 Å². The molecule has 0 saturated carbocycles. The van der Waals surface area contributed by atoms with E-state index >= 15 is 0 Å². The summed E-state index contributed by atoms with van der Waals surface area (Å²) >= 11 is 0. The van der Waals surface area contributed by atoms with Crippen molar-refractivity contribution in [2.24, 2.45) is 23.7 Å². The Hall–Kier alpha value is -1.63. The Morgan fingerprint density at radius 2 is 1.07 bits per heavy atom. The number of aliphatic hydroxyl groups excluding tert-OH is 1. The average Bonchev–Trinajstić information content (AvgIpc) is 2.57. The van der Waals surface area contributed by atoms with Crippen LogP contribution < -0.4 is 0 Å². The lowest BCUT2D eigenvalue weighted by atomic mass is 9.98. The SMILES string of the molecule is CC(C)CCOC(=O)CC(C(=O)OCCC(C)C)C(O)C(=O)OCCC(C)C. The second-order valence-electron chi connectivity index (χ2n) is 8.36. The quantitative estimate of drug-likeness (QED) is 0.352. The number of rotatable bonds is 14. The van der Waals surface area contributed by atoms with E-state index in [0.29, 0.717) is 37.0 Å². The molecule has 0 aromatic heterocycles. The Kier molecular flexibility index (Phi) is 13.5. The van der Waals surface area contributed by atoms with Crippen LogP contribution >= 0.6 is 0 Å². The van der Waals surface area contributed by atoms with E-state index in [1.165, 1.54) is 0 Å². The van der Waals surface area contributed by atoms with E-state index < -0.39 is 36.4 Å². The first-order chi connectivity index (χ1) is 13.0. The van der Waals surface area contributed by atoms with E-state index in [4.69, 9.17) is 14.2 Å². The molecule has 0 fully saturated rings. The first-order valence-corrected chi connectivity index (χ1v) is 10.2. The molecule has 0 aromatic carbocycles. The third-order valence-electron chi connectivity index (χ3n) is 4.15. The van der Waals surface area contributed by atoms with Gasteiger partial charge in [0, 0.05) is 0 Å². The number of hydrogen-bond donors (Lipinski definition) is 1. The molecule has 0 radical (unpaired) electrons. The Morgan fingerprint density at radius 3 is 1.50 bits per heavy atom. The van der Waals surface area contributed by atoms with Crippen LogP contribution in [0.2, 0.25) is 0 Å². The van der Waals surface area contributed by atoms with Gasteiger partial charge in [-0.1, -0.05) is 41.5 Å². The lowest BCUT2D eigenvalue weighted by Gasteiger charge is -2.20. The monoisotopic (exact) mass is 402 g/mol. The summed E-state index contributed by atoms with van der Waals surface area (Å²) in [5, 5.41) is 10.3. The van der Waals surface area contributed by atoms with Crippen molar-refractivity contribution in [2.45, 2.75) is 73.3 Å².